The summed E-state index contributed by atoms with van der Waals surface area (Å²) < 4.78 is 13.6. The fraction of sp³-hybridized carbons (Fsp3) is 0.294. The van der Waals surface area contributed by atoms with Crippen LogP contribution >= 0.6 is 11.6 Å². The van der Waals surface area contributed by atoms with Crippen LogP contribution in [0.3, 0.4) is 0 Å². The average molecular weight is 308 g/mol. The minimum Gasteiger partial charge on any atom is -0.387 e. The molecule has 2 aromatic carbocycles. The van der Waals surface area contributed by atoms with Crippen LogP contribution < -0.4 is 5.32 Å². The van der Waals surface area contributed by atoms with E-state index >= 15 is 0 Å². The molecule has 2 N–H and O–H groups in total. The Morgan fingerprint density at radius 3 is 2.29 bits per heavy atom. The van der Waals surface area contributed by atoms with E-state index in [2.05, 4.69) is 19.2 Å². The minimum atomic E-state index is -0.720. The summed E-state index contributed by atoms with van der Waals surface area (Å²) in [6.45, 7) is 4.43. The van der Waals surface area contributed by atoms with Crippen molar-refractivity contribution in [3.63, 3.8) is 0 Å². The van der Waals surface area contributed by atoms with Gasteiger partial charge in [0.1, 0.15) is 5.82 Å². The zero-order valence-electron chi connectivity index (χ0n) is 12.1. The first-order valence-corrected chi connectivity index (χ1v) is 7.32. The van der Waals surface area contributed by atoms with Crippen molar-refractivity contribution < 1.29 is 9.50 Å². The summed E-state index contributed by atoms with van der Waals surface area (Å²) in [7, 11) is 0. The lowest BCUT2D eigenvalue weighted by molar-refractivity contribution is 0.191. The molecule has 0 saturated carbocycles. The van der Waals surface area contributed by atoms with Gasteiger partial charge in [0, 0.05) is 6.54 Å². The summed E-state index contributed by atoms with van der Waals surface area (Å²) in [6.07, 6.45) is -0.720. The molecule has 0 radical (unpaired) electrons. The van der Waals surface area contributed by atoms with Gasteiger partial charge in [-0.3, -0.25) is 0 Å². The molecular weight excluding hydrogens is 289 g/mol. The van der Waals surface area contributed by atoms with Crippen LogP contribution in [0.15, 0.2) is 42.5 Å². The van der Waals surface area contributed by atoms with Gasteiger partial charge in [-0.1, -0.05) is 55.8 Å². The molecule has 0 bridgehead atoms. The van der Waals surface area contributed by atoms with Crippen molar-refractivity contribution in [3.05, 3.63) is 64.4 Å². The van der Waals surface area contributed by atoms with Crippen LogP contribution in [0.4, 0.5) is 10.1 Å². The SMILES string of the molecule is CC(C)c1ccc(C(O)CNc2c(F)cccc2Cl)cc1. The molecule has 0 aliphatic heterocycles. The van der Waals surface area contributed by atoms with Crippen LogP contribution in [0.25, 0.3) is 0 Å². The number of benzene rings is 2. The van der Waals surface area contributed by atoms with Crippen LogP contribution in [0.1, 0.15) is 37.0 Å². The smallest absolute Gasteiger partial charge is 0.147 e. The Morgan fingerprint density at radius 2 is 1.71 bits per heavy atom. The van der Waals surface area contributed by atoms with E-state index in [-0.39, 0.29) is 12.2 Å². The van der Waals surface area contributed by atoms with Crippen molar-refractivity contribution in [2.75, 3.05) is 11.9 Å². The molecule has 0 aromatic heterocycles. The maximum absolute atomic E-state index is 13.6. The monoisotopic (exact) mass is 307 g/mol. The number of aliphatic hydroxyl groups is 1. The third-order valence-electron chi connectivity index (χ3n) is 3.42. The minimum absolute atomic E-state index is 0.196. The molecule has 0 saturated heterocycles. The van der Waals surface area contributed by atoms with Gasteiger partial charge >= 0.3 is 0 Å². The van der Waals surface area contributed by atoms with Crippen LogP contribution in [-0.2, 0) is 0 Å². The van der Waals surface area contributed by atoms with E-state index in [9.17, 15) is 9.50 Å². The molecule has 21 heavy (non-hydrogen) atoms. The highest BCUT2D eigenvalue weighted by Gasteiger charge is 2.11. The number of halogens is 2. The predicted molar refractivity (Wildman–Crippen MR) is 85.4 cm³/mol. The molecule has 0 aliphatic carbocycles. The van der Waals surface area contributed by atoms with Gasteiger partial charge in [-0.05, 0) is 29.2 Å². The third kappa shape index (κ3) is 3.96. The Kier molecular flexibility index (Phi) is 5.21. The Balaban J connectivity index is 2.03. The lowest BCUT2D eigenvalue weighted by atomic mass is 10.00. The number of aliphatic hydroxyl groups excluding tert-OH is 1. The predicted octanol–water partition coefficient (Wildman–Crippen LogP) is 4.75. The second kappa shape index (κ2) is 6.92. The molecule has 1 unspecified atom stereocenters. The molecule has 0 fully saturated rings. The maximum Gasteiger partial charge on any atom is 0.147 e. The van der Waals surface area contributed by atoms with E-state index in [1.54, 1.807) is 12.1 Å². The largest absolute Gasteiger partial charge is 0.387 e. The van der Waals surface area contributed by atoms with Gasteiger partial charge in [0.05, 0.1) is 16.8 Å². The Hall–Kier alpha value is -1.58. The van der Waals surface area contributed by atoms with E-state index in [1.165, 1.54) is 11.6 Å². The molecule has 2 rings (SSSR count). The summed E-state index contributed by atoms with van der Waals surface area (Å²) in [4.78, 5) is 0. The number of hydrogen-bond acceptors (Lipinski definition) is 2. The first-order chi connectivity index (χ1) is 9.99. The lowest BCUT2D eigenvalue weighted by Gasteiger charge is -2.15. The number of hydrogen-bond donors (Lipinski definition) is 2. The van der Waals surface area contributed by atoms with Crippen molar-refractivity contribution in [2.24, 2.45) is 0 Å². The summed E-state index contributed by atoms with van der Waals surface area (Å²) in [5, 5.41) is 13.3. The molecule has 112 valence electrons. The Bertz CT molecular complexity index is 578. The van der Waals surface area contributed by atoms with Crippen LogP contribution in [0, 0.1) is 5.82 Å². The van der Waals surface area contributed by atoms with Gasteiger partial charge in [-0.2, -0.15) is 0 Å². The van der Waals surface area contributed by atoms with E-state index in [1.807, 2.05) is 24.3 Å². The first-order valence-electron chi connectivity index (χ1n) is 6.95. The average Bonchev–Trinajstić information content (AvgIpc) is 2.46. The van der Waals surface area contributed by atoms with E-state index in [0.29, 0.717) is 10.9 Å². The Labute approximate surface area is 129 Å². The number of rotatable bonds is 5. The topological polar surface area (TPSA) is 32.3 Å². The molecule has 2 aromatic rings. The van der Waals surface area contributed by atoms with Crippen molar-refractivity contribution in [1.82, 2.24) is 0 Å². The maximum atomic E-state index is 13.6. The molecule has 0 amide bonds. The van der Waals surface area contributed by atoms with Crippen LogP contribution in [0.2, 0.25) is 5.02 Å². The van der Waals surface area contributed by atoms with Gasteiger partial charge in [0.2, 0.25) is 0 Å². The quantitative estimate of drug-likeness (QED) is 0.835. The highest BCUT2D eigenvalue weighted by molar-refractivity contribution is 6.33. The molecule has 1 atom stereocenters. The number of para-hydroxylation sites is 1. The van der Waals surface area contributed by atoms with Gasteiger partial charge < -0.3 is 10.4 Å². The summed E-state index contributed by atoms with van der Waals surface area (Å²) >= 11 is 5.93. The van der Waals surface area contributed by atoms with E-state index in [0.717, 1.165) is 5.56 Å². The molecule has 0 spiro atoms. The van der Waals surface area contributed by atoms with Gasteiger partial charge in [0.15, 0.2) is 0 Å². The molecule has 4 heteroatoms. The first kappa shape index (κ1) is 15.8. The normalized spacial score (nSPS) is 12.5. The summed E-state index contributed by atoms with van der Waals surface area (Å²) in [5.74, 6) is 0.0244. The second-order valence-electron chi connectivity index (χ2n) is 5.31. The molecule has 0 heterocycles. The summed E-state index contributed by atoms with van der Waals surface area (Å²) in [5.41, 5.74) is 2.23. The molecule has 0 aliphatic rings. The van der Waals surface area contributed by atoms with Gasteiger partial charge in [0.25, 0.3) is 0 Å². The second-order valence-corrected chi connectivity index (χ2v) is 5.72. The zero-order chi connectivity index (χ0) is 15.4. The molecular formula is C17H19ClFNO. The fourth-order valence-corrected chi connectivity index (χ4v) is 2.32. The number of anilines is 1. The van der Waals surface area contributed by atoms with E-state index in [4.69, 9.17) is 11.6 Å². The summed E-state index contributed by atoms with van der Waals surface area (Å²) in [6, 6.07) is 12.3. The highest BCUT2D eigenvalue weighted by Crippen LogP contribution is 2.26. The van der Waals surface area contributed by atoms with Gasteiger partial charge in [-0.15, -0.1) is 0 Å². The number of nitrogens with one attached hydrogen (secondary N) is 1. The zero-order valence-corrected chi connectivity index (χ0v) is 12.9. The van der Waals surface area contributed by atoms with Crippen LogP contribution in [-0.4, -0.2) is 11.7 Å². The molecule has 2 nitrogen and oxygen atoms in total. The van der Waals surface area contributed by atoms with Gasteiger partial charge in [-0.25, -0.2) is 4.39 Å². The van der Waals surface area contributed by atoms with E-state index < -0.39 is 11.9 Å². The van der Waals surface area contributed by atoms with Crippen molar-refractivity contribution in [2.45, 2.75) is 25.9 Å². The van der Waals surface area contributed by atoms with Crippen molar-refractivity contribution in [1.29, 1.82) is 0 Å². The van der Waals surface area contributed by atoms with Crippen molar-refractivity contribution >= 4 is 17.3 Å². The van der Waals surface area contributed by atoms with Crippen LogP contribution in [0.5, 0.6) is 0 Å². The fourth-order valence-electron chi connectivity index (χ4n) is 2.09. The standard InChI is InChI=1S/C17H19ClFNO/c1-11(2)12-6-8-13(9-7-12)16(21)10-20-17-14(18)4-3-5-15(17)19/h3-9,11,16,20-21H,10H2,1-2H3. The lowest BCUT2D eigenvalue weighted by Crippen LogP contribution is -2.13. The third-order valence-corrected chi connectivity index (χ3v) is 3.74. The highest BCUT2D eigenvalue weighted by atomic mass is 35.5. The Morgan fingerprint density at radius 1 is 1.10 bits per heavy atom. The van der Waals surface area contributed by atoms with Crippen molar-refractivity contribution in [3.8, 4) is 0 Å².